The summed E-state index contributed by atoms with van der Waals surface area (Å²) in [6.07, 6.45) is 2.62. The molecule has 0 aliphatic carbocycles. The van der Waals surface area contributed by atoms with Gasteiger partial charge in [0.2, 0.25) is 0 Å². The monoisotopic (exact) mass is 248 g/mol. The Morgan fingerprint density at radius 1 is 1.41 bits per heavy atom. The summed E-state index contributed by atoms with van der Waals surface area (Å²) in [5, 5.41) is 0.194. The Labute approximate surface area is 104 Å². The summed E-state index contributed by atoms with van der Waals surface area (Å²) in [5.74, 6) is -0.146. The third kappa shape index (κ3) is 2.86. The molecule has 0 spiro atoms. The molecule has 0 radical (unpaired) electrons. The molecule has 1 heterocycles. The van der Waals surface area contributed by atoms with Crippen molar-refractivity contribution in [2.24, 2.45) is 0 Å². The first-order valence-electron chi connectivity index (χ1n) is 5.39. The number of carbonyl (C=O) groups is 1. The Kier molecular flexibility index (Phi) is 3.48. The molecule has 1 unspecified atom stereocenters. The van der Waals surface area contributed by atoms with Crippen molar-refractivity contribution in [1.82, 2.24) is 0 Å². The fraction of sp³-hybridized carbons (Fsp3) is 0.214. The van der Waals surface area contributed by atoms with Crippen molar-refractivity contribution in [3.8, 4) is 0 Å². The van der Waals surface area contributed by atoms with Crippen LogP contribution in [0.4, 0.5) is 4.39 Å². The maximum atomic E-state index is 12.8. The zero-order chi connectivity index (χ0) is 12.4. The van der Waals surface area contributed by atoms with Crippen LogP contribution in [0.25, 0.3) is 0 Å². The number of carbonyl (C=O) groups excluding carboxylic acids is 1. The number of hydrogen-bond acceptors (Lipinski definition) is 2. The van der Waals surface area contributed by atoms with E-state index in [2.05, 4.69) is 6.58 Å². The summed E-state index contributed by atoms with van der Waals surface area (Å²) in [6.45, 7) is 5.52. The van der Waals surface area contributed by atoms with Gasteiger partial charge in [0.05, 0.1) is 4.91 Å². The first kappa shape index (κ1) is 12.1. The van der Waals surface area contributed by atoms with E-state index in [-0.39, 0.29) is 16.9 Å². The Morgan fingerprint density at radius 3 is 2.59 bits per heavy atom. The van der Waals surface area contributed by atoms with E-state index in [0.717, 1.165) is 22.5 Å². The molecule has 1 aliphatic heterocycles. The zero-order valence-corrected chi connectivity index (χ0v) is 10.4. The summed E-state index contributed by atoms with van der Waals surface area (Å²) in [4.78, 5) is 12.0. The summed E-state index contributed by atoms with van der Waals surface area (Å²) in [7, 11) is 0. The molecule has 1 aromatic rings. The Balaban J connectivity index is 2.05. The lowest BCUT2D eigenvalue weighted by Crippen LogP contribution is -2.05. The molecule has 0 saturated heterocycles. The predicted molar refractivity (Wildman–Crippen MR) is 69.4 cm³/mol. The standard InChI is InChI=1S/C14H13FOS/c1-9-7-14(10(2)16)17-13(9)8-11-3-5-12(15)6-4-11/h3-7,13H,1,8H2,2H3. The van der Waals surface area contributed by atoms with E-state index in [1.165, 1.54) is 12.1 Å². The number of ketones is 1. The molecule has 1 aliphatic rings. The van der Waals surface area contributed by atoms with Gasteiger partial charge in [0.25, 0.3) is 0 Å². The van der Waals surface area contributed by atoms with Crippen molar-refractivity contribution in [2.45, 2.75) is 18.6 Å². The van der Waals surface area contributed by atoms with Crippen LogP contribution in [0.15, 0.2) is 47.4 Å². The van der Waals surface area contributed by atoms with Crippen molar-refractivity contribution in [3.63, 3.8) is 0 Å². The summed E-state index contributed by atoms with van der Waals surface area (Å²) >= 11 is 1.54. The SMILES string of the molecule is C=C1C=C(C(C)=O)SC1Cc1ccc(F)cc1. The molecule has 0 N–H and O–H groups in total. The van der Waals surface area contributed by atoms with Crippen molar-refractivity contribution >= 4 is 17.5 Å². The average Bonchev–Trinajstić information content (AvgIpc) is 2.64. The molecular weight excluding hydrogens is 235 g/mol. The van der Waals surface area contributed by atoms with Crippen LogP contribution in [-0.4, -0.2) is 11.0 Å². The maximum Gasteiger partial charge on any atom is 0.166 e. The number of allylic oxidation sites excluding steroid dienone is 2. The van der Waals surface area contributed by atoms with Gasteiger partial charge in [-0.05, 0) is 42.7 Å². The molecule has 0 aromatic heterocycles. The molecule has 1 nitrogen and oxygen atoms in total. The quantitative estimate of drug-likeness (QED) is 0.814. The molecule has 0 fully saturated rings. The van der Waals surface area contributed by atoms with Gasteiger partial charge in [-0.3, -0.25) is 4.79 Å². The topological polar surface area (TPSA) is 17.1 Å². The highest BCUT2D eigenvalue weighted by Crippen LogP contribution is 2.37. The minimum atomic E-state index is -0.228. The first-order chi connectivity index (χ1) is 8.06. The molecule has 2 rings (SSSR count). The normalized spacial score (nSPS) is 19.3. The number of benzene rings is 1. The largest absolute Gasteiger partial charge is 0.294 e. The van der Waals surface area contributed by atoms with Crippen LogP contribution in [0.2, 0.25) is 0 Å². The van der Waals surface area contributed by atoms with Crippen LogP contribution in [-0.2, 0) is 11.2 Å². The van der Waals surface area contributed by atoms with Crippen LogP contribution in [0, 0.1) is 5.82 Å². The van der Waals surface area contributed by atoms with Gasteiger partial charge in [0, 0.05) is 5.25 Å². The molecule has 88 valence electrons. The predicted octanol–water partition coefficient (Wildman–Crippen LogP) is 3.51. The maximum absolute atomic E-state index is 12.8. The molecule has 1 aromatic carbocycles. The second-order valence-electron chi connectivity index (χ2n) is 4.08. The van der Waals surface area contributed by atoms with Crippen molar-refractivity contribution < 1.29 is 9.18 Å². The van der Waals surface area contributed by atoms with Crippen LogP contribution in [0.5, 0.6) is 0 Å². The first-order valence-corrected chi connectivity index (χ1v) is 6.27. The van der Waals surface area contributed by atoms with Crippen molar-refractivity contribution in [2.75, 3.05) is 0 Å². The highest BCUT2D eigenvalue weighted by Gasteiger charge is 2.23. The second-order valence-corrected chi connectivity index (χ2v) is 5.32. The second kappa shape index (κ2) is 4.88. The summed E-state index contributed by atoms with van der Waals surface area (Å²) in [6, 6.07) is 6.46. The molecule has 0 amide bonds. The van der Waals surface area contributed by atoms with E-state index in [0.29, 0.717) is 0 Å². The minimum absolute atomic E-state index is 0.0813. The Morgan fingerprint density at radius 2 is 2.06 bits per heavy atom. The zero-order valence-electron chi connectivity index (χ0n) is 9.57. The number of thioether (sulfide) groups is 1. The van der Waals surface area contributed by atoms with Crippen molar-refractivity contribution in [3.05, 3.63) is 58.8 Å². The van der Waals surface area contributed by atoms with Crippen LogP contribution in [0.3, 0.4) is 0 Å². The van der Waals surface area contributed by atoms with Gasteiger partial charge >= 0.3 is 0 Å². The highest BCUT2D eigenvalue weighted by atomic mass is 32.2. The fourth-order valence-corrected chi connectivity index (χ4v) is 2.90. The fourth-order valence-electron chi connectivity index (χ4n) is 1.72. The summed E-state index contributed by atoms with van der Waals surface area (Å²) < 4.78 is 12.8. The smallest absolute Gasteiger partial charge is 0.166 e. The molecule has 0 saturated carbocycles. The van der Waals surface area contributed by atoms with Gasteiger partial charge < -0.3 is 0 Å². The lowest BCUT2D eigenvalue weighted by atomic mass is 10.0. The molecular formula is C14H13FOS. The molecule has 3 heteroatoms. The Hall–Kier alpha value is -1.35. The van der Waals surface area contributed by atoms with E-state index in [1.807, 2.05) is 6.08 Å². The minimum Gasteiger partial charge on any atom is -0.294 e. The van der Waals surface area contributed by atoms with Gasteiger partial charge in [-0.25, -0.2) is 4.39 Å². The number of Topliss-reactive ketones (excluding diaryl/α,β-unsaturated/α-hetero) is 1. The van der Waals surface area contributed by atoms with Crippen LogP contribution < -0.4 is 0 Å². The van der Waals surface area contributed by atoms with E-state index < -0.39 is 0 Å². The van der Waals surface area contributed by atoms with E-state index in [9.17, 15) is 9.18 Å². The van der Waals surface area contributed by atoms with Gasteiger partial charge in [-0.15, -0.1) is 11.8 Å². The molecule has 17 heavy (non-hydrogen) atoms. The average molecular weight is 248 g/mol. The lowest BCUT2D eigenvalue weighted by molar-refractivity contribution is -0.112. The van der Waals surface area contributed by atoms with Gasteiger partial charge in [0.1, 0.15) is 5.82 Å². The van der Waals surface area contributed by atoms with E-state index in [4.69, 9.17) is 0 Å². The summed E-state index contributed by atoms with van der Waals surface area (Å²) in [5.41, 5.74) is 2.02. The van der Waals surface area contributed by atoms with Gasteiger partial charge in [0.15, 0.2) is 5.78 Å². The van der Waals surface area contributed by atoms with E-state index >= 15 is 0 Å². The van der Waals surface area contributed by atoms with Crippen LogP contribution >= 0.6 is 11.8 Å². The van der Waals surface area contributed by atoms with Gasteiger partial charge in [-0.2, -0.15) is 0 Å². The van der Waals surface area contributed by atoms with Gasteiger partial charge in [-0.1, -0.05) is 18.7 Å². The third-order valence-electron chi connectivity index (χ3n) is 2.68. The van der Waals surface area contributed by atoms with E-state index in [1.54, 1.807) is 30.8 Å². The Bertz CT molecular complexity index is 487. The van der Waals surface area contributed by atoms with Crippen LogP contribution in [0.1, 0.15) is 12.5 Å². The number of halogens is 1. The number of rotatable bonds is 3. The molecule has 1 atom stereocenters. The number of hydrogen-bond donors (Lipinski definition) is 0. The lowest BCUT2D eigenvalue weighted by Gasteiger charge is -2.10. The third-order valence-corrected chi connectivity index (χ3v) is 4.09. The highest BCUT2D eigenvalue weighted by molar-refractivity contribution is 8.05. The van der Waals surface area contributed by atoms with Crippen molar-refractivity contribution in [1.29, 1.82) is 0 Å². The molecule has 0 bridgehead atoms.